The average Bonchev–Trinajstić information content (AvgIpc) is 3.12. The van der Waals surface area contributed by atoms with Crippen molar-refractivity contribution in [2.24, 2.45) is 0 Å². The van der Waals surface area contributed by atoms with E-state index in [1.165, 1.54) is 23.5 Å². The second-order valence-electron chi connectivity index (χ2n) is 7.73. The lowest BCUT2D eigenvalue weighted by atomic mass is 10.0. The van der Waals surface area contributed by atoms with Crippen LogP contribution in [0.5, 0.6) is 0 Å². The summed E-state index contributed by atoms with van der Waals surface area (Å²) in [5, 5.41) is 9.58. The number of alkyl halides is 3. The first-order valence-corrected chi connectivity index (χ1v) is 11.9. The van der Waals surface area contributed by atoms with Gasteiger partial charge in [-0.15, -0.1) is 23.1 Å². The predicted octanol–water partition coefficient (Wildman–Crippen LogP) is 7.36. The molecule has 3 rings (SSSR count). The van der Waals surface area contributed by atoms with Gasteiger partial charge in [-0.3, -0.25) is 4.79 Å². The summed E-state index contributed by atoms with van der Waals surface area (Å²) in [7, 11) is 0. The van der Waals surface area contributed by atoms with Crippen LogP contribution in [0.2, 0.25) is 0 Å². The lowest BCUT2D eigenvalue weighted by molar-refractivity contribution is -0.138. The standard InChI is InChI=1S/C24H24F3NO2S2/c1-14-12-20(10-6-17(14)7-11-21(29)30)31-13-15(2)22-16(3)32-23(28-22)18-4-8-19(9-5-18)24(25,26)27/h4-6,8-10,12,15H,7,11,13H2,1-3H3,(H,29,30). The minimum atomic E-state index is -4.35. The van der Waals surface area contributed by atoms with Gasteiger partial charge in [-0.2, -0.15) is 13.2 Å². The maximum atomic E-state index is 12.8. The van der Waals surface area contributed by atoms with Crippen LogP contribution in [-0.2, 0) is 17.4 Å². The lowest BCUT2D eigenvalue weighted by Crippen LogP contribution is -2.04. The van der Waals surface area contributed by atoms with E-state index >= 15 is 0 Å². The number of carboxylic acids is 1. The van der Waals surface area contributed by atoms with Crippen molar-refractivity contribution in [3.05, 3.63) is 69.7 Å². The molecule has 8 heteroatoms. The molecule has 3 nitrogen and oxygen atoms in total. The van der Waals surface area contributed by atoms with Crippen molar-refractivity contribution in [3.8, 4) is 10.6 Å². The van der Waals surface area contributed by atoms with Crippen LogP contribution in [0.1, 0.15) is 46.5 Å². The van der Waals surface area contributed by atoms with E-state index in [1.807, 2.05) is 26.0 Å². The Balaban J connectivity index is 1.66. The minimum Gasteiger partial charge on any atom is -0.481 e. The summed E-state index contributed by atoms with van der Waals surface area (Å²) in [6.07, 6.45) is -3.71. The fraction of sp³-hybridized carbons (Fsp3) is 0.333. The number of aryl methyl sites for hydroxylation is 3. The molecule has 1 unspecified atom stereocenters. The van der Waals surface area contributed by atoms with Crippen molar-refractivity contribution >= 4 is 29.1 Å². The highest BCUT2D eigenvalue weighted by Gasteiger charge is 2.30. The molecule has 0 spiro atoms. The molecule has 0 bridgehead atoms. The molecule has 0 aliphatic heterocycles. The van der Waals surface area contributed by atoms with Crippen LogP contribution in [0.25, 0.3) is 10.6 Å². The minimum absolute atomic E-state index is 0.120. The molecule has 170 valence electrons. The Kier molecular flexibility index (Phi) is 7.67. The highest BCUT2D eigenvalue weighted by molar-refractivity contribution is 7.99. The van der Waals surface area contributed by atoms with Crippen LogP contribution in [0.4, 0.5) is 13.2 Å². The first kappa shape index (κ1) is 24.3. The number of carboxylic acid groups (broad SMARTS) is 1. The fourth-order valence-electron chi connectivity index (χ4n) is 3.37. The molecule has 0 aliphatic carbocycles. The zero-order valence-corrected chi connectivity index (χ0v) is 19.6. The molecule has 1 atom stereocenters. The summed E-state index contributed by atoms with van der Waals surface area (Å²) in [6.45, 7) is 6.08. The maximum absolute atomic E-state index is 12.8. The molecule has 0 radical (unpaired) electrons. The number of aliphatic carboxylic acids is 1. The number of thioether (sulfide) groups is 1. The molecule has 0 amide bonds. The van der Waals surface area contributed by atoms with Crippen LogP contribution in [0.15, 0.2) is 47.4 Å². The van der Waals surface area contributed by atoms with Gasteiger partial charge in [0.05, 0.1) is 11.3 Å². The van der Waals surface area contributed by atoms with E-state index in [4.69, 9.17) is 10.1 Å². The Morgan fingerprint density at radius 3 is 2.44 bits per heavy atom. The van der Waals surface area contributed by atoms with Gasteiger partial charge < -0.3 is 5.11 Å². The zero-order valence-electron chi connectivity index (χ0n) is 18.0. The Morgan fingerprint density at radius 1 is 1.16 bits per heavy atom. The van der Waals surface area contributed by atoms with Gasteiger partial charge >= 0.3 is 12.1 Å². The fourth-order valence-corrected chi connectivity index (χ4v) is 5.44. The summed E-state index contributed by atoms with van der Waals surface area (Å²) in [5.41, 5.74) is 3.11. The van der Waals surface area contributed by atoms with Gasteiger partial charge in [0.25, 0.3) is 0 Å². The monoisotopic (exact) mass is 479 g/mol. The molecule has 0 saturated heterocycles. The Labute approximate surface area is 193 Å². The first-order valence-electron chi connectivity index (χ1n) is 10.1. The van der Waals surface area contributed by atoms with E-state index in [-0.39, 0.29) is 12.3 Å². The van der Waals surface area contributed by atoms with Gasteiger partial charge in [0.15, 0.2) is 0 Å². The third kappa shape index (κ3) is 6.13. The summed E-state index contributed by atoms with van der Waals surface area (Å²) in [6, 6.07) is 11.2. The third-order valence-corrected chi connectivity index (χ3v) is 7.47. The molecule has 0 fully saturated rings. The van der Waals surface area contributed by atoms with Crippen molar-refractivity contribution in [2.75, 3.05) is 5.75 Å². The van der Waals surface area contributed by atoms with Crippen LogP contribution in [0, 0.1) is 13.8 Å². The Hall–Kier alpha value is -2.32. The van der Waals surface area contributed by atoms with E-state index in [0.717, 1.165) is 49.5 Å². The van der Waals surface area contributed by atoms with E-state index in [1.54, 1.807) is 11.8 Å². The number of rotatable bonds is 8. The number of halogens is 3. The van der Waals surface area contributed by atoms with Gasteiger partial charge in [-0.25, -0.2) is 4.98 Å². The number of benzene rings is 2. The quantitative estimate of drug-likeness (QED) is 0.343. The Bertz CT molecular complexity index is 1090. The molecule has 1 aromatic heterocycles. The van der Waals surface area contributed by atoms with E-state index in [0.29, 0.717) is 12.0 Å². The second-order valence-corrected chi connectivity index (χ2v) is 10.0. The SMILES string of the molecule is Cc1cc(SCC(C)c2nc(-c3ccc(C(F)(F)F)cc3)sc2C)ccc1CCC(=O)O. The third-order valence-electron chi connectivity index (χ3n) is 5.18. The van der Waals surface area contributed by atoms with Crippen molar-refractivity contribution in [2.45, 2.75) is 50.6 Å². The molecule has 0 aliphatic rings. The molecule has 3 aromatic rings. The summed E-state index contributed by atoms with van der Waals surface area (Å²) < 4.78 is 38.4. The second kappa shape index (κ2) is 10.1. The van der Waals surface area contributed by atoms with Crippen LogP contribution in [0.3, 0.4) is 0 Å². The summed E-state index contributed by atoms with van der Waals surface area (Å²) in [5.74, 6) is 0.183. The van der Waals surface area contributed by atoms with Gasteiger partial charge in [-0.05, 0) is 55.7 Å². The maximum Gasteiger partial charge on any atom is 0.416 e. The molecule has 1 heterocycles. The van der Waals surface area contributed by atoms with Crippen molar-refractivity contribution in [1.82, 2.24) is 4.98 Å². The van der Waals surface area contributed by atoms with Crippen LogP contribution in [-0.4, -0.2) is 21.8 Å². The molecule has 2 aromatic carbocycles. The highest BCUT2D eigenvalue weighted by Crippen LogP contribution is 2.36. The van der Waals surface area contributed by atoms with Gasteiger partial charge in [0.1, 0.15) is 5.01 Å². The predicted molar refractivity (Wildman–Crippen MR) is 124 cm³/mol. The number of hydrogen-bond donors (Lipinski definition) is 1. The van der Waals surface area contributed by atoms with Crippen molar-refractivity contribution in [3.63, 3.8) is 0 Å². The molecule has 32 heavy (non-hydrogen) atoms. The van der Waals surface area contributed by atoms with E-state index < -0.39 is 17.7 Å². The number of carbonyl (C=O) groups is 1. The topological polar surface area (TPSA) is 50.2 Å². The first-order chi connectivity index (χ1) is 15.0. The van der Waals surface area contributed by atoms with Gasteiger partial charge in [0.2, 0.25) is 0 Å². The molecule has 1 N–H and O–H groups in total. The molecular weight excluding hydrogens is 455 g/mol. The summed E-state index contributed by atoms with van der Waals surface area (Å²) in [4.78, 5) is 17.7. The van der Waals surface area contributed by atoms with E-state index in [9.17, 15) is 18.0 Å². The van der Waals surface area contributed by atoms with Crippen molar-refractivity contribution < 1.29 is 23.1 Å². The average molecular weight is 480 g/mol. The lowest BCUT2D eigenvalue weighted by Gasteiger charge is -2.11. The van der Waals surface area contributed by atoms with Gasteiger partial charge in [0, 0.05) is 33.4 Å². The Morgan fingerprint density at radius 2 is 1.84 bits per heavy atom. The normalized spacial score (nSPS) is 12.7. The molecule has 0 saturated carbocycles. The number of hydrogen-bond acceptors (Lipinski definition) is 4. The summed E-state index contributed by atoms with van der Waals surface area (Å²) >= 11 is 3.21. The number of aromatic nitrogens is 1. The zero-order chi connectivity index (χ0) is 23.5. The van der Waals surface area contributed by atoms with Crippen LogP contribution >= 0.6 is 23.1 Å². The number of nitrogens with zero attached hydrogens (tertiary/aromatic N) is 1. The van der Waals surface area contributed by atoms with Crippen molar-refractivity contribution in [1.29, 1.82) is 0 Å². The molecular formula is C24H24F3NO2S2. The highest BCUT2D eigenvalue weighted by atomic mass is 32.2. The van der Waals surface area contributed by atoms with Gasteiger partial charge in [-0.1, -0.05) is 25.1 Å². The number of thiazole rings is 1. The largest absolute Gasteiger partial charge is 0.481 e. The smallest absolute Gasteiger partial charge is 0.416 e. The van der Waals surface area contributed by atoms with Crippen LogP contribution < -0.4 is 0 Å². The van der Waals surface area contributed by atoms with E-state index in [2.05, 4.69) is 13.0 Å².